The van der Waals surface area contributed by atoms with Gasteiger partial charge in [0.05, 0.1) is 23.5 Å². The first-order valence-electron chi connectivity index (χ1n) is 7.65. The summed E-state index contributed by atoms with van der Waals surface area (Å²) in [5, 5.41) is 8.35. The SMILES string of the molecule is Cc1c(CC(=O)N2CCC(N)CC2)nnn1-c1ccccc1. The van der Waals surface area contributed by atoms with Gasteiger partial charge >= 0.3 is 0 Å². The summed E-state index contributed by atoms with van der Waals surface area (Å²) in [6, 6.07) is 10.0. The Morgan fingerprint density at radius 1 is 1.27 bits per heavy atom. The fraction of sp³-hybridized carbons (Fsp3) is 0.438. The Hall–Kier alpha value is -2.21. The molecule has 0 aliphatic carbocycles. The highest BCUT2D eigenvalue weighted by Crippen LogP contribution is 2.14. The normalized spacial score (nSPS) is 16.0. The average molecular weight is 299 g/mol. The molecule has 6 nitrogen and oxygen atoms in total. The molecule has 22 heavy (non-hydrogen) atoms. The number of para-hydroxylation sites is 1. The first-order valence-corrected chi connectivity index (χ1v) is 7.65. The quantitative estimate of drug-likeness (QED) is 0.919. The lowest BCUT2D eigenvalue weighted by atomic mass is 10.1. The van der Waals surface area contributed by atoms with Crippen molar-refractivity contribution in [2.75, 3.05) is 13.1 Å². The molecule has 116 valence electrons. The lowest BCUT2D eigenvalue weighted by Gasteiger charge is -2.30. The summed E-state index contributed by atoms with van der Waals surface area (Å²) in [6.45, 7) is 3.43. The van der Waals surface area contributed by atoms with Crippen LogP contribution in [0.5, 0.6) is 0 Å². The molecule has 0 bridgehead atoms. The molecular formula is C16H21N5O. The van der Waals surface area contributed by atoms with Crippen LogP contribution >= 0.6 is 0 Å². The number of nitrogens with zero attached hydrogens (tertiary/aromatic N) is 4. The van der Waals surface area contributed by atoms with Crippen LogP contribution in [0.1, 0.15) is 24.2 Å². The van der Waals surface area contributed by atoms with Crippen LogP contribution < -0.4 is 5.73 Å². The Bertz CT molecular complexity index is 644. The monoisotopic (exact) mass is 299 g/mol. The summed E-state index contributed by atoms with van der Waals surface area (Å²) in [5.74, 6) is 0.107. The van der Waals surface area contributed by atoms with Crippen molar-refractivity contribution in [1.29, 1.82) is 0 Å². The van der Waals surface area contributed by atoms with E-state index in [0.717, 1.165) is 43.0 Å². The van der Waals surface area contributed by atoms with Crippen LogP contribution in [0.2, 0.25) is 0 Å². The fourth-order valence-corrected chi connectivity index (χ4v) is 2.74. The largest absolute Gasteiger partial charge is 0.342 e. The second-order valence-electron chi connectivity index (χ2n) is 5.76. The number of likely N-dealkylation sites (tertiary alicyclic amines) is 1. The predicted octanol–water partition coefficient (Wildman–Crippen LogP) is 1.07. The van der Waals surface area contributed by atoms with Gasteiger partial charge in [-0.05, 0) is 31.9 Å². The number of carbonyl (C=O) groups is 1. The van der Waals surface area contributed by atoms with Gasteiger partial charge in [0.25, 0.3) is 0 Å². The minimum atomic E-state index is 0.107. The van der Waals surface area contributed by atoms with E-state index in [4.69, 9.17) is 5.73 Å². The van der Waals surface area contributed by atoms with Gasteiger partial charge in [-0.1, -0.05) is 23.4 Å². The third kappa shape index (κ3) is 3.01. The molecule has 0 saturated carbocycles. The second kappa shape index (κ2) is 6.27. The number of carbonyl (C=O) groups excluding carboxylic acids is 1. The number of benzene rings is 1. The van der Waals surface area contributed by atoms with Crippen molar-refractivity contribution in [3.8, 4) is 5.69 Å². The van der Waals surface area contributed by atoms with Crippen molar-refractivity contribution < 1.29 is 4.79 Å². The van der Waals surface area contributed by atoms with Gasteiger partial charge in [-0.2, -0.15) is 0 Å². The molecule has 0 unspecified atom stereocenters. The van der Waals surface area contributed by atoms with Crippen molar-refractivity contribution in [3.63, 3.8) is 0 Å². The Morgan fingerprint density at radius 2 is 1.95 bits per heavy atom. The molecule has 2 heterocycles. The molecule has 1 aromatic carbocycles. The van der Waals surface area contributed by atoms with Crippen LogP contribution in [-0.4, -0.2) is 44.9 Å². The molecule has 1 aliphatic heterocycles. The number of piperidine rings is 1. The smallest absolute Gasteiger partial charge is 0.228 e. The first kappa shape index (κ1) is 14.7. The Labute approximate surface area is 129 Å². The second-order valence-corrected chi connectivity index (χ2v) is 5.76. The van der Waals surface area contributed by atoms with Crippen LogP contribution in [-0.2, 0) is 11.2 Å². The first-order chi connectivity index (χ1) is 10.6. The van der Waals surface area contributed by atoms with E-state index in [1.54, 1.807) is 4.68 Å². The van der Waals surface area contributed by atoms with Crippen LogP contribution in [0.25, 0.3) is 5.69 Å². The molecule has 6 heteroatoms. The number of aromatic nitrogens is 3. The van der Waals surface area contributed by atoms with Gasteiger partial charge in [0, 0.05) is 19.1 Å². The topological polar surface area (TPSA) is 77.0 Å². The standard InChI is InChI=1S/C16H21N5O/c1-12-15(11-16(22)20-9-7-13(17)8-10-20)18-19-21(12)14-5-3-2-4-6-14/h2-6,13H,7-11,17H2,1H3. The minimum Gasteiger partial charge on any atom is -0.342 e. The molecule has 1 fully saturated rings. The summed E-state index contributed by atoms with van der Waals surface area (Å²) in [6.07, 6.45) is 2.05. The van der Waals surface area contributed by atoms with E-state index < -0.39 is 0 Å². The molecule has 0 spiro atoms. The van der Waals surface area contributed by atoms with Crippen molar-refractivity contribution in [2.24, 2.45) is 5.73 Å². The highest BCUT2D eigenvalue weighted by atomic mass is 16.2. The maximum absolute atomic E-state index is 12.4. The van der Waals surface area contributed by atoms with E-state index in [1.807, 2.05) is 42.2 Å². The predicted molar refractivity (Wildman–Crippen MR) is 83.6 cm³/mol. The van der Waals surface area contributed by atoms with Crippen LogP contribution in [0, 0.1) is 6.92 Å². The Morgan fingerprint density at radius 3 is 2.64 bits per heavy atom. The molecule has 1 aliphatic rings. The van der Waals surface area contributed by atoms with Crippen LogP contribution in [0.15, 0.2) is 30.3 Å². The number of amides is 1. The zero-order valence-corrected chi connectivity index (χ0v) is 12.8. The van der Waals surface area contributed by atoms with Crippen molar-refractivity contribution in [1.82, 2.24) is 19.9 Å². The molecular weight excluding hydrogens is 278 g/mol. The lowest BCUT2D eigenvalue weighted by molar-refractivity contribution is -0.131. The molecule has 2 N–H and O–H groups in total. The van der Waals surface area contributed by atoms with E-state index in [9.17, 15) is 4.79 Å². The summed E-state index contributed by atoms with van der Waals surface area (Å²) in [7, 11) is 0. The fourth-order valence-electron chi connectivity index (χ4n) is 2.74. The van der Waals surface area contributed by atoms with E-state index in [0.29, 0.717) is 6.42 Å². The van der Waals surface area contributed by atoms with Gasteiger partial charge in [-0.25, -0.2) is 4.68 Å². The zero-order valence-electron chi connectivity index (χ0n) is 12.8. The summed E-state index contributed by atoms with van der Waals surface area (Å²) < 4.78 is 1.77. The number of hydrogen-bond donors (Lipinski definition) is 1. The van der Waals surface area contributed by atoms with E-state index >= 15 is 0 Å². The average Bonchev–Trinajstić information content (AvgIpc) is 2.90. The van der Waals surface area contributed by atoms with Crippen molar-refractivity contribution in [2.45, 2.75) is 32.2 Å². The van der Waals surface area contributed by atoms with Gasteiger partial charge in [-0.15, -0.1) is 5.10 Å². The molecule has 0 atom stereocenters. The van der Waals surface area contributed by atoms with Gasteiger partial charge < -0.3 is 10.6 Å². The van der Waals surface area contributed by atoms with Crippen LogP contribution in [0.4, 0.5) is 0 Å². The summed E-state index contributed by atoms with van der Waals surface area (Å²) in [5.41, 5.74) is 8.48. The summed E-state index contributed by atoms with van der Waals surface area (Å²) >= 11 is 0. The molecule has 1 aromatic heterocycles. The van der Waals surface area contributed by atoms with E-state index in [2.05, 4.69) is 10.3 Å². The Balaban J connectivity index is 1.71. The molecule has 2 aromatic rings. The van der Waals surface area contributed by atoms with Gasteiger partial charge in [-0.3, -0.25) is 4.79 Å². The third-order valence-electron chi connectivity index (χ3n) is 4.20. The maximum atomic E-state index is 12.4. The third-order valence-corrected chi connectivity index (χ3v) is 4.20. The number of rotatable bonds is 3. The minimum absolute atomic E-state index is 0.107. The Kier molecular flexibility index (Phi) is 4.20. The maximum Gasteiger partial charge on any atom is 0.228 e. The summed E-state index contributed by atoms with van der Waals surface area (Å²) in [4.78, 5) is 14.3. The lowest BCUT2D eigenvalue weighted by Crippen LogP contribution is -2.43. The van der Waals surface area contributed by atoms with Crippen LogP contribution in [0.3, 0.4) is 0 Å². The highest BCUT2D eigenvalue weighted by Gasteiger charge is 2.22. The van der Waals surface area contributed by atoms with Crippen molar-refractivity contribution >= 4 is 5.91 Å². The highest BCUT2D eigenvalue weighted by molar-refractivity contribution is 5.78. The zero-order chi connectivity index (χ0) is 15.5. The number of nitrogens with two attached hydrogens (primary N) is 1. The van der Waals surface area contributed by atoms with E-state index in [-0.39, 0.29) is 11.9 Å². The van der Waals surface area contributed by atoms with Gasteiger partial charge in [0.1, 0.15) is 0 Å². The van der Waals surface area contributed by atoms with Gasteiger partial charge in [0.15, 0.2) is 0 Å². The molecule has 1 saturated heterocycles. The number of hydrogen-bond acceptors (Lipinski definition) is 4. The van der Waals surface area contributed by atoms with E-state index in [1.165, 1.54) is 0 Å². The van der Waals surface area contributed by atoms with Crippen molar-refractivity contribution in [3.05, 3.63) is 41.7 Å². The molecule has 3 rings (SSSR count). The molecule has 0 radical (unpaired) electrons. The molecule has 1 amide bonds. The van der Waals surface area contributed by atoms with Gasteiger partial charge in [0.2, 0.25) is 5.91 Å².